The van der Waals surface area contributed by atoms with E-state index in [0.717, 1.165) is 0 Å². The lowest BCUT2D eigenvalue weighted by Gasteiger charge is -2.26. The number of rotatable bonds is 8. The molecule has 0 radical (unpaired) electrons. The molecule has 31 heavy (non-hydrogen) atoms. The molecule has 3 rings (SSSR count). The van der Waals surface area contributed by atoms with Gasteiger partial charge < -0.3 is 5.32 Å². The Morgan fingerprint density at radius 3 is 2.16 bits per heavy atom. The highest BCUT2D eigenvalue weighted by Gasteiger charge is 2.41. The molecule has 2 unspecified atom stereocenters. The Balaban J connectivity index is 2.08. The highest BCUT2D eigenvalue weighted by atomic mass is 19.1. The first-order chi connectivity index (χ1) is 14.9. The molecule has 2 aromatic carbocycles. The van der Waals surface area contributed by atoms with Crippen molar-refractivity contribution in [3.05, 3.63) is 96.1 Å². The number of hydrogen-bond acceptors (Lipinski definition) is 4. The molecule has 3 aromatic rings. The number of pyridine rings is 1. The highest BCUT2D eigenvalue weighted by molar-refractivity contribution is 6.14. The Hall–Kier alpha value is -3.67. The molecule has 6 heteroatoms. The molecule has 0 saturated carbocycles. The van der Waals surface area contributed by atoms with Crippen LogP contribution < -0.4 is 5.32 Å². The largest absolute Gasteiger partial charge is 0.324 e. The van der Waals surface area contributed by atoms with Crippen molar-refractivity contribution in [1.82, 2.24) is 4.98 Å². The lowest BCUT2D eigenvalue weighted by molar-refractivity contribution is -0.133. The Labute approximate surface area is 180 Å². The summed E-state index contributed by atoms with van der Waals surface area (Å²) < 4.78 is 13.4. The zero-order valence-corrected chi connectivity index (χ0v) is 17.3. The van der Waals surface area contributed by atoms with Crippen molar-refractivity contribution < 1.29 is 18.8 Å². The van der Waals surface area contributed by atoms with Gasteiger partial charge in [0.25, 0.3) is 0 Å². The number of Topliss-reactive ketones (excluding diaryl/α,β-unsaturated/α-hetero) is 2. The van der Waals surface area contributed by atoms with E-state index in [-0.39, 0.29) is 11.3 Å². The third kappa shape index (κ3) is 5.28. The second-order valence-corrected chi connectivity index (χ2v) is 7.53. The zero-order valence-electron chi connectivity index (χ0n) is 17.3. The number of benzene rings is 2. The van der Waals surface area contributed by atoms with E-state index < -0.39 is 35.3 Å². The Bertz CT molecular complexity index is 1050. The average Bonchev–Trinajstić information content (AvgIpc) is 2.78. The fourth-order valence-electron chi connectivity index (χ4n) is 3.41. The van der Waals surface area contributed by atoms with Crippen LogP contribution in [-0.2, 0) is 9.59 Å². The van der Waals surface area contributed by atoms with Gasteiger partial charge >= 0.3 is 0 Å². The summed E-state index contributed by atoms with van der Waals surface area (Å²) >= 11 is 0. The van der Waals surface area contributed by atoms with Crippen LogP contribution in [-0.4, -0.2) is 22.5 Å². The van der Waals surface area contributed by atoms with E-state index in [1.807, 2.05) is 0 Å². The first kappa shape index (κ1) is 22.0. The van der Waals surface area contributed by atoms with Gasteiger partial charge in [0.1, 0.15) is 17.5 Å². The molecule has 0 aliphatic heterocycles. The second-order valence-electron chi connectivity index (χ2n) is 7.53. The third-order valence-corrected chi connectivity index (χ3v) is 4.99. The van der Waals surface area contributed by atoms with Crippen LogP contribution in [0.25, 0.3) is 0 Å². The molecule has 1 heterocycles. The Morgan fingerprint density at radius 2 is 1.58 bits per heavy atom. The molecule has 2 atom stereocenters. The summed E-state index contributed by atoms with van der Waals surface area (Å²) in [6.07, 6.45) is 3.03. The summed E-state index contributed by atoms with van der Waals surface area (Å²) in [7, 11) is 0. The fourth-order valence-corrected chi connectivity index (χ4v) is 3.41. The van der Waals surface area contributed by atoms with Crippen LogP contribution in [0.5, 0.6) is 0 Å². The molecule has 0 saturated heterocycles. The standard InChI is InChI=1S/C25H23FN2O3/c1-16(2)23(29)22(25(31)28-20-9-6-14-27-15-20)21(17-7-4-3-5-8-17)24(30)18-10-12-19(26)13-11-18/h3-16,21-22H,1-2H3,(H,28,31). The number of amides is 1. The number of nitrogens with one attached hydrogen (secondary N) is 1. The number of carbonyl (C=O) groups is 3. The van der Waals surface area contributed by atoms with Gasteiger partial charge in [-0.05, 0) is 42.0 Å². The first-order valence-corrected chi connectivity index (χ1v) is 9.98. The van der Waals surface area contributed by atoms with Crippen LogP contribution >= 0.6 is 0 Å². The molecular weight excluding hydrogens is 395 g/mol. The van der Waals surface area contributed by atoms with Crippen LogP contribution in [0.3, 0.4) is 0 Å². The average molecular weight is 418 g/mol. The number of ketones is 2. The maximum atomic E-state index is 13.5. The Morgan fingerprint density at radius 1 is 0.903 bits per heavy atom. The predicted octanol–water partition coefficient (Wildman–Crippen LogP) is 4.67. The summed E-state index contributed by atoms with van der Waals surface area (Å²) in [5, 5.41) is 2.71. The topological polar surface area (TPSA) is 76.1 Å². The minimum atomic E-state index is -1.26. The maximum absolute atomic E-state index is 13.5. The molecular formula is C25H23FN2O3. The molecule has 1 amide bonds. The summed E-state index contributed by atoms with van der Waals surface area (Å²) in [5.74, 6) is -4.64. The molecule has 0 aliphatic carbocycles. The lowest BCUT2D eigenvalue weighted by Crippen LogP contribution is -2.40. The van der Waals surface area contributed by atoms with Crippen molar-refractivity contribution >= 4 is 23.2 Å². The predicted molar refractivity (Wildman–Crippen MR) is 116 cm³/mol. The van der Waals surface area contributed by atoms with Crippen molar-refractivity contribution in [2.45, 2.75) is 19.8 Å². The number of halogens is 1. The summed E-state index contributed by atoms with van der Waals surface area (Å²) in [6, 6.07) is 17.1. The lowest BCUT2D eigenvalue weighted by atomic mass is 9.75. The molecule has 0 bridgehead atoms. The molecule has 0 fully saturated rings. The number of anilines is 1. The van der Waals surface area contributed by atoms with Crippen molar-refractivity contribution in [3.63, 3.8) is 0 Å². The van der Waals surface area contributed by atoms with Crippen LogP contribution in [0.4, 0.5) is 10.1 Å². The molecule has 1 N–H and O–H groups in total. The van der Waals surface area contributed by atoms with Crippen molar-refractivity contribution in [2.75, 3.05) is 5.32 Å². The molecule has 0 spiro atoms. The minimum Gasteiger partial charge on any atom is -0.324 e. The van der Waals surface area contributed by atoms with E-state index in [1.54, 1.807) is 62.5 Å². The van der Waals surface area contributed by atoms with Gasteiger partial charge in [0.05, 0.1) is 17.8 Å². The van der Waals surface area contributed by atoms with E-state index >= 15 is 0 Å². The minimum absolute atomic E-state index is 0.228. The molecule has 0 aliphatic rings. The Kier molecular flexibility index (Phi) is 7.03. The van der Waals surface area contributed by atoms with Crippen molar-refractivity contribution in [2.24, 2.45) is 11.8 Å². The van der Waals surface area contributed by atoms with Crippen LogP contribution in [0.15, 0.2) is 79.1 Å². The first-order valence-electron chi connectivity index (χ1n) is 9.98. The molecule has 1 aromatic heterocycles. The van der Waals surface area contributed by atoms with E-state index in [4.69, 9.17) is 0 Å². The van der Waals surface area contributed by atoms with Crippen LogP contribution in [0, 0.1) is 17.7 Å². The van der Waals surface area contributed by atoms with Gasteiger partial charge in [-0.25, -0.2) is 4.39 Å². The summed E-state index contributed by atoms with van der Waals surface area (Å²) in [4.78, 5) is 44.0. The normalized spacial score (nSPS) is 12.8. The maximum Gasteiger partial charge on any atom is 0.236 e. The third-order valence-electron chi connectivity index (χ3n) is 4.99. The highest BCUT2D eigenvalue weighted by Crippen LogP contribution is 2.32. The van der Waals surface area contributed by atoms with E-state index in [2.05, 4.69) is 10.3 Å². The number of carbonyl (C=O) groups excluding carboxylic acids is 3. The van der Waals surface area contributed by atoms with Gasteiger partial charge in [0.15, 0.2) is 5.78 Å². The van der Waals surface area contributed by atoms with E-state index in [9.17, 15) is 18.8 Å². The van der Waals surface area contributed by atoms with Gasteiger partial charge in [-0.15, -0.1) is 0 Å². The zero-order chi connectivity index (χ0) is 22.4. The van der Waals surface area contributed by atoms with Crippen molar-refractivity contribution in [1.29, 1.82) is 0 Å². The number of aromatic nitrogens is 1. The van der Waals surface area contributed by atoms with Crippen LogP contribution in [0.2, 0.25) is 0 Å². The molecule has 158 valence electrons. The van der Waals surface area contributed by atoms with E-state index in [0.29, 0.717) is 11.3 Å². The fraction of sp³-hybridized carbons (Fsp3) is 0.200. The van der Waals surface area contributed by atoms with Gasteiger partial charge in [0.2, 0.25) is 5.91 Å². The van der Waals surface area contributed by atoms with Crippen molar-refractivity contribution in [3.8, 4) is 0 Å². The monoisotopic (exact) mass is 418 g/mol. The van der Waals surface area contributed by atoms with Gasteiger partial charge in [-0.2, -0.15) is 0 Å². The SMILES string of the molecule is CC(C)C(=O)C(C(=O)Nc1cccnc1)C(C(=O)c1ccc(F)cc1)c1ccccc1. The van der Waals surface area contributed by atoms with Crippen LogP contribution in [0.1, 0.15) is 35.7 Å². The van der Waals surface area contributed by atoms with Gasteiger partial charge in [-0.3, -0.25) is 19.4 Å². The van der Waals surface area contributed by atoms with Gasteiger partial charge in [0, 0.05) is 17.7 Å². The quantitative estimate of drug-likeness (QED) is 0.426. The number of nitrogens with zero attached hydrogens (tertiary/aromatic N) is 1. The molecule has 5 nitrogen and oxygen atoms in total. The smallest absolute Gasteiger partial charge is 0.236 e. The second kappa shape index (κ2) is 9.89. The summed E-state index contributed by atoms with van der Waals surface area (Å²) in [6.45, 7) is 3.38. The summed E-state index contributed by atoms with van der Waals surface area (Å²) in [5.41, 5.74) is 1.19. The van der Waals surface area contributed by atoms with E-state index in [1.165, 1.54) is 30.5 Å². The van der Waals surface area contributed by atoms with Gasteiger partial charge in [-0.1, -0.05) is 44.2 Å². The number of hydrogen-bond donors (Lipinski definition) is 1.